The standard InChI is InChI=1S/C22H39N7O.HI/c1-19-25-26-20(27(19)2)17-24-21(23-10-6-11-28-13-15-30-16-14-28)29-12-9-22(18-29)7-4-3-5-8-22;/h3-18H2,1-2H3,(H,23,24);1H. The van der Waals surface area contributed by atoms with Crippen LogP contribution in [0.3, 0.4) is 0 Å². The van der Waals surface area contributed by atoms with E-state index < -0.39 is 0 Å². The predicted molar refractivity (Wildman–Crippen MR) is 134 cm³/mol. The van der Waals surface area contributed by atoms with Crippen LogP contribution in [0, 0.1) is 12.3 Å². The molecule has 3 fully saturated rings. The summed E-state index contributed by atoms with van der Waals surface area (Å²) in [5.41, 5.74) is 0.524. The van der Waals surface area contributed by atoms with Crippen molar-refractivity contribution in [2.24, 2.45) is 17.5 Å². The molecule has 1 saturated carbocycles. The van der Waals surface area contributed by atoms with Crippen molar-refractivity contribution in [1.29, 1.82) is 0 Å². The highest BCUT2D eigenvalue weighted by Gasteiger charge is 2.39. The molecule has 1 aliphatic carbocycles. The van der Waals surface area contributed by atoms with E-state index in [-0.39, 0.29) is 24.0 Å². The SMILES string of the molecule is Cc1nnc(CN=C(NCCCN2CCOCC2)N2CCC3(CCCCC3)C2)n1C.I. The molecule has 0 atom stereocenters. The zero-order chi connectivity index (χ0) is 20.8. The lowest BCUT2D eigenvalue weighted by Crippen LogP contribution is -2.43. The second kappa shape index (κ2) is 11.8. The van der Waals surface area contributed by atoms with Crippen molar-refractivity contribution in [2.45, 2.75) is 58.4 Å². The van der Waals surface area contributed by atoms with Crippen LogP contribution in [0.15, 0.2) is 4.99 Å². The molecular formula is C22H40IN7O. The fourth-order valence-corrected chi connectivity index (χ4v) is 5.16. The minimum atomic E-state index is 0. The summed E-state index contributed by atoms with van der Waals surface area (Å²) in [6.07, 6.45) is 9.41. The number of rotatable bonds is 6. The van der Waals surface area contributed by atoms with Gasteiger partial charge in [-0.2, -0.15) is 0 Å². The maximum Gasteiger partial charge on any atom is 0.194 e. The zero-order valence-electron chi connectivity index (χ0n) is 19.3. The van der Waals surface area contributed by atoms with Gasteiger partial charge in [0.2, 0.25) is 0 Å². The van der Waals surface area contributed by atoms with Crippen LogP contribution in [-0.2, 0) is 18.3 Å². The Balaban J connectivity index is 0.00000272. The molecule has 0 unspecified atom stereocenters. The van der Waals surface area contributed by atoms with Crippen molar-refractivity contribution in [1.82, 2.24) is 29.9 Å². The van der Waals surface area contributed by atoms with Crippen molar-refractivity contribution >= 4 is 29.9 Å². The van der Waals surface area contributed by atoms with E-state index in [4.69, 9.17) is 9.73 Å². The van der Waals surface area contributed by atoms with E-state index in [1.165, 1.54) is 38.5 Å². The van der Waals surface area contributed by atoms with Crippen molar-refractivity contribution in [3.05, 3.63) is 11.6 Å². The van der Waals surface area contributed by atoms with E-state index in [9.17, 15) is 0 Å². The molecule has 2 aliphatic heterocycles. The minimum absolute atomic E-state index is 0. The first-order valence-corrected chi connectivity index (χ1v) is 11.8. The van der Waals surface area contributed by atoms with Crippen LogP contribution in [0.2, 0.25) is 0 Å². The summed E-state index contributed by atoms with van der Waals surface area (Å²) in [7, 11) is 2.02. The molecule has 9 heteroatoms. The number of morpholine rings is 1. The number of ether oxygens (including phenoxy) is 1. The number of aryl methyl sites for hydroxylation is 1. The number of hydrogen-bond acceptors (Lipinski definition) is 5. The van der Waals surface area contributed by atoms with Gasteiger partial charge in [0.05, 0.1) is 13.2 Å². The molecule has 31 heavy (non-hydrogen) atoms. The molecule has 1 aromatic rings. The average molecular weight is 546 g/mol. The summed E-state index contributed by atoms with van der Waals surface area (Å²) in [4.78, 5) is 9.99. The van der Waals surface area contributed by atoms with E-state index in [0.717, 1.165) is 76.5 Å². The smallest absolute Gasteiger partial charge is 0.194 e. The summed E-state index contributed by atoms with van der Waals surface area (Å²) in [6, 6.07) is 0. The molecule has 4 rings (SSSR count). The van der Waals surface area contributed by atoms with Crippen LogP contribution >= 0.6 is 24.0 Å². The average Bonchev–Trinajstić information content (AvgIpc) is 3.32. The maximum atomic E-state index is 5.46. The predicted octanol–water partition coefficient (Wildman–Crippen LogP) is 2.57. The fourth-order valence-electron chi connectivity index (χ4n) is 5.16. The highest BCUT2D eigenvalue weighted by molar-refractivity contribution is 14.0. The Labute approximate surface area is 204 Å². The Morgan fingerprint density at radius 1 is 1.10 bits per heavy atom. The molecule has 1 N–H and O–H groups in total. The van der Waals surface area contributed by atoms with Gasteiger partial charge in [-0.25, -0.2) is 4.99 Å². The lowest BCUT2D eigenvalue weighted by molar-refractivity contribution is 0.0375. The van der Waals surface area contributed by atoms with Crippen LogP contribution < -0.4 is 5.32 Å². The first-order chi connectivity index (χ1) is 14.7. The van der Waals surface area contributed by atoms with Crippen molar-refractivity contribution < 1.29 is 4.74 Å². The van der Waals surface area contributed by atoms with Crippen LogP contribution in [0.5, 0.6) is 0 Å². The molecule has 1 spiro atoms. The Bertz CT molecular complexity index is 711. The van der Waals surface area contributed by atoms with Gasteiger partial charge in [-0.05, 0) is 44.6 Å². The lowest BCUT2D eigenvalue weighted by atomic mass is 9.73. The van der Waals surface area contributed by atoms with Gasteiger partial charge in [0, 0.05) is 39.8 Å². The third-order valence-electron chi connectivity index (χ3n) is 7.24. The molecule has 0 amide bonds. The summed E-state index contributed by atoms with van der Waals surface area (Å²) < 4.78 is 7.49. The first-order valence-electron chi connectivity index (χ1n) is 11.8. The van der Waals surface area contributed by atoms with E-state index in [1.54, 1.807) is 0 Å². The van der Waals surface area contributed by atoms with Gasteiger partial charge in [0.15, 0.2) is 11.8 Å². The molecular weight excluding hydrogens is 505 g/mol. The molecule has 3 heterocycles. The molecule has 176 valence electrons. The largest absolute Gasteiger partial charge is 0.379 e. The van der Waals surface area contributed by atoms with Gasteiger partial charge >= 0.3 is 0 Å². The van der Waals surface area contributed by atoms with Gasteiger partial charge in [0.1, 0.15) is 12.4 Å². The summed E-state index contributed by atoms with van der Waals surface area (Å²) >= 11 is 0. The van der Waals surface area contributed by atoms with Crippen LogP contribution in [0.25, 0.3) is 0 Å². The third-order valence-corrected chi connectivity index (χ3v) is 7.24. The Morgan fingerprint density at radius 2 is 1.87 bits per heavy atom. The number of aliphatic imine (C=N–C) groups is 1. The van der Waals surface area contributed by atoms with Crippen molar-refractivity contribution in [3.8, 4) is 0 Å². The highest BCUT2D eigenvalue weighted by atomic mass is 127. The first kappa shape index (κ1) is 24.7. The normalized spacial score (nSPS) is 22.0. The van der Waals surface area contributed by atoms with E-state index in [0.29, 0.717) is 12.0 Å². The number of nitrogens with zero attached hydrogens (tertiary/aromatic N) is 6. The third kappa shape index (κ3) is 6.54. The summed E-state index contributed by atoms with van der Waals surface area (Å²) in [5.74, 6) is 2.91. The van der Waals surface area contributed by atoms with Crippen LogP contribution in [0.4, 0.5) is 0 Å². The number of hydrogen-bond donors (Lipinski definition) is 1. The summed E-state index contributed by atoms with van der Waals surface area (Å²) in [6.45, 7) is 10.8. The van der Waals surface area contributed by atoms with Crippen LogP contribution in [0.1, 0.15) is 56.6 Å². The summed E-state index contributed by atoms with van der Waals surface area (Å²) in [5, 5.41) is 12.2. The molecule has 0 aromatic carbocycles. The van der Waals surface area contributed by atoms with E-state index in [2.05, 4.69) is 25.3 Å². The number of nitrogens with one attached hydrogen (secondary N) is 1. The number of aromatic nitrogens is 3. The van der Waals surface area contributed by atoms with Gasteiger partial charge in [-0.15, -0.1) is 34.2 Å². The minimum Gasteiger partial charge on any atom is -0.379 e. The van der Waals surface area contributed by atoms with E-state index >= 15 is 0 Å². The second-order valence-electron chi connectivity index (χ2n) is 9.33. The topological polar surface area (TPSA) is 70.8 Å². The van der Waals surface area contributed by atoms with Crippen molar-refractivity contribution in [2.75, 3.05) is 52.5 Å². The van der Waals surface area contributed by atoms with Crippen LogP contribution in [-0.4, -0.2) is 83.0 Å². The fraction of sp³-hybridized carbons (Fsp3) is 0.864. The molecule has 8 nitrogen and oxygen atoms in total. The molecule has 1 aromatic heterocycles. The van der Waals surface area contributed by atoms with Gasteiger partial charge in [0.25, 0.3) is 0 Å². The van der Waals surface area contributed by atoms with Gasteiger partial charge in [-0.1, -0.05) is 19.3 Å². The van der Waals surface area contributed by atoms with Gasteiger partial charge < -0.3 is 19.5 Å². The quantitative estimate of drug-likeness (QED) is 0.257. The maximum absolute atomic E-state index is 5.46. The Morgan fingerprint density at radius 3 is 2.58 bits per heavy atom. The molecule has 2 saturated heterocycles. The molecule has 0 bridgehead atoms. The second-order valence-corrected chi connectivity index (χ2v) is 9.33. The molecule has 0 radical (unpaired) electrons. The Kier molecular flexibility index (Phi) is 9.39. The van der Waals surface area contributed by atoms with E-state index in [1.807, 2.05) is 18.5 Å². The molecule has 3 aliphatic rings. The number of guanidine groups is 1. The lowest BCUT2D eigenvalue weighted by Gasteiger charge is -2.33. The van der Waals surface area contributed by atoms with Crippen molar-refractivity contribution in [3.63, 3.8) is 0 Å². The number of likely N-dealkylation sites (tertiary alicyclic amines) is 1. The van der Waals surface area contributed by atoms with Gasteiger partial charge in [-0.3, -0.25) is 4.90 Å². The number of halogens is 1. The zero-order valence-corrected chi connectivity index (χ0v) is 21.6. The Hall–Kier alpha value is -0.940. The highest BCUT2D eigenvalue weighted by Crippen LogP contribution is 2.43. The monoisotopic (exact) mass is 545 g/mol.